The van der Waals surface area contributed by atoms with Gasteiger partial charge in [-0.05, 0) is 90.3 Å². The first-order valence-electron chi connectivity index (χ1n) is 20.0. The normalized spacial score (nSPS) is 14.9. The van der Waals surface area contributed by atoms with Crippen molar-refractivity contribution < 1.29 is 29.0 Å². The largest absolute Gasteiger partial charge is 0.493 e. The van der Waals surface area contributed by atoms with Crippen LogP contribution in [0.3, 0.4) is 0 Å². The Labute approximate surface area is 343 Å². The van der Waals surface area contributed by atoms with Crippen molar-refractivity contribution in [3.8, 4) is 16.9 Å². The van der Waals surface area contributed by atoms with E-state index in [1.807, 2.05) is 74.5 Å². The first-order chi connectivity index (χ1) is 27.9. The molecule has 0 aliphatic carbocycles. The summed E-state index contributed by atoms with van der Waals surface area (Å²) in [5.74, 6) is -0.244. The Morgan fingerprint density at radius 2 is 1.69 bits per heavy atom. The Morgan fingerprint density at radius 3 is 2.43 bits per heavy atom. The zero-order chi connectivity index (χ0) is 41.0. The molecule has 0 atom stereocenters. The van der Waals surface area contributed by atoms with Crippen LogP contribution in [0.5, 0.6) is 5.75 Å². The molecule has 2 aliphatic rings. The van der Waals surface area contributed by atoms with E-state index < -0.39 is 11.4 Å². The third kappa shape index (κ3) is 9.17. The van der Waals surface area contributed by atoms with E-state index in [0.717, 1.165) is 77.2 Å². The maximum Gasteiger partial charge on any atom is 0.355 e. The lowest BCUT2D eigenvalue weighted by atomic mass is 9.80. The van der Waals surface area contributed by atoms with Gasteiger partial charge in [0.25, 0.3) is 5.91 Å². The molecule has 13 heteroatoms. The predicted octanol–water partition coefficient (Wildman–Crippen LogP) is 7.43. The van der Waals surface area contributed by atoms with E-state index in [4.69, 9.17) is 14.5 Å². The second-order valence-corrected chi connectivity index (χ2v) is 16.9. The maximum absolute atomic E-state index is 13.7. The Morgan fingerprint density at radius 1 is 0.931 bits per heavy atom. The highest BCUT2D eigenvalue weighted by Gasteiger charge is 2.31. The van der Waals surface area contributed by atoms with Gasteiger partial charge in [-0.2, -0.15) is 0 Å². The molecule has 2 N–H and O–H groups in total. The number of para-hydroxylation sites is 1. The zero-order valence-corrected chi connectivity index (χ0v) is 34.8. The average Bonchev–Trinajstić information content (AvgIpc) is 3.62. The summed E-state index contributed by atoms with van der Waals surface area (Å²) in [6.07, 6.45) is 1.51. The van der Waals surface area contributed by atoms with Crippen LogP contribution in [-0.4, -0.2) is 102 Å². The number of aromatic nitrogens is 2. The molecule has 5 aromatic rings. The Hall–Kier alpha value is -5.37. The van der Waals surface area contributed by atoms with Crippen LogP contribution in [0.1, 0.15) is 77.2 Å². The molecule has 58 heavy (non-hydrogen) atoms. The number of nitrogens with one attached hydrogen (secondary N) is 1. The van der Waals surface area contributed by atoms with Gasteiger partial charge in [-0.15, -0.1) is 0 Å². The summed E-state index contributed by atoms with van der Waals surface area (Å²) in [6, 6.07) is 21.4. The molecule has 0 unspecified atom stereocenters. The molecule has 2 aliphatic heterocycles. The third-order valence-corrected chi connectivity index (χ3v) is 11.9. The number of carboxylic acids is 1. The molecule has 1 amide bonds. The highest BCUT2D eigenvalue weighted by molar-refractivity contribution is 7.22. The van der Waals surface area contributed by atoms with Gasteiger partial charge >= 0.3 is 11.9 Å². The number of pyridine rings is 1. The summed E-state index contributed by atoms with van der Waals surface area (Å²) in [7, 11) is 0. The van der Waals surface area contributed by atoms with E-state index in [1.54, 1.807) is 0 Å². The van der Waals surface area contributed by atoms with E-state index in [0.29, 0.717) is 67.1 Å². The van der Waals surface area contributed by atoms with Crippen molar-refractivity contribution in [3.05, 3.63) is 100 Å². The maximum atomic E-state index is 13.7. The topological polar surface area (TPSA) is 137 Å². The third-order valence-electron chi connectivity index (χ3n) is 10.9. The molecular weight excluding hydrogens is 753 g/mol. The van der Waals surface area contributed by atoms with Gasteiger partial charge in [0.2, 0.25) is 0 Å². The van der Waals surface area contributed by atoms with Crippen molar-refractivity contribution in [2.75, 3.05) is 69.2 Å². The molecule has 304 valence electrons. The van der Waals surface area contributed by atoms with Crippen molar-refractivity contribution in [3.63, 3.8) is 0 Å². The molecule has 1 saturated heterocycles. The molecule has 1 fully saturated rings. The van der Waals surface area contributed by atoms with Gasteiger partial charge in [0.05, 0.1) is 30.0 Å². The fourth-order valence-corrected chi connectivity index (χ4v) is 8.72. The van der Waals surface area contributed by atoms with Gasteiger partial charge in [-0.3, -0.25) is 19.8 Å². The van der Waals surface area contributed by atoms with Gasteiger partial charge in [-0.25, -0.2) is 14.8 Å². The Balaban J connectivity index is 1.09. The van der Waals surface area contributed by atoms with E-state index in [2.05, 4.69) is 51.8 Å². The van der Waals surface area contributed by atoms with Crippen LogP contribution in [0, 0.1) is 6.92 Å². The molecule has 0 radical (unpaired) electrons. The Kier molecular flexibility index (Phi) is 12.4. The van der Waals surface area contributed by atoms with E-state index in [-0.39, 0.29) is 17.6 Å². The summed E-state index contributed by atoms with van der Waals surface area (Å²) in [5.41, 5.74) is 6.00. The van der Waals surface area contributed by atoms with Gasteiger partial charge in [0.15, 0.2) is 10.8 Å². The van der Waals surface area contributed by atoms with E-state index in [1.165, 1.54) is 11.3 Å². The molecule has 4 heterocycles. The number of hydrogen-bond acceptors (Lipinski definition) is 11. The highest BCUT2D eigenvalue weighted by Crippen LogP contribution is 2.41. The first-order valence-corrected chi connectivity index (χ1v) is 20.9. The van der Waals surface area contributed by atoms with Gasteiger partial charge in [-0.1, -0.05) is 68.5 Å². The van der Waals surface area contributed by atoms with Crippen LogP contribution >= 0.6 is 11.3 Å². The number of thiazole rings is 1. The molecule has 7 rings (SSSR count). The van der Waals surface area contributed by atoms with Crippen molar-refractivity contribution in [2.24, 2.45) is 0 Å². The monoisotopic (exact) mass is 804 g/mol. The fraction of sp³-hybridized carbons (Fsp3) is 0.400. The van der Waals surface area contributed by atoms with Gasteiger partial charge < -0.3 is 24.4 Å². The minimum Gasteiger partial charge on any atom is -0.493 e. The van der Waals surface area contributed by atoms with Crippen molar-refractivity contribution in [1.82, 2.24) is 19.8 Å². The SMILES string of the molecule is CCOC(=O)CN1CCN(CCCOc2cccc(-c3c(C(C)(C)C)cc(N4CCc5cccc(C(=O)Nc6nc7ccccc7s6)c5C4)nc3C(=O)O)c2C)CC1. The van der Waals surface area contributed by atoms with Crippen LogP contribution in [-0.2, 0) is 27.9 Å². The Bertz CT molecular complexity index is 2280. The minimum absolute atomic E-state index is 0.0163. The second kappa shape index (κ2) is 17.6. The number of fused-ring (bicyclic) bond motifs is 2. The van der Waals surface area contributed by atoms with Crippen LogP contribution in [0.2, 0.25) is 0 Å². The molecular formula is C45H52N6O6S. The zero-order valence-electron chi connectivity index (χ0n) is 34.0. The van der Waals surface area contributed by atoms with Crippen molar-refractivity contribution in [1.29, 1.82) is 0 Å². The number of aromatic carboxylic acids is 1. The van der Waals surface area contributed by atoms with Crippen molar-refractivity contribution in [2.45, 2.75) is 59.4 Å². The number of hydrogen-bond donors (Lipinski definition) is 2. The fourth-order valence-electron chi connectivity index (χ4n) is 7.86. The molecule has 0 spiro atoms. The standard InChI is InChI=1S/C45H52N6O6S/c1-6-56-39(52)28-50-23-21-49(22-24-50)19-11-25-57-36-16-10-13-31(29(36)2)40-34(45(3,4)5)26-38(47-41(40)43(54)55)51-20-18-30-12-9-14-32(33(30)27-51)42(53)48-44-46-35-15-7-8-17-37(35)58-44/h7-10,12-17,26H,6,11,18-25,27-28H2,1-5H3,(H,54,55)(H,46,48,53). The van der Waals surface area contributed by atoms with Crippen LogP contribution in [0.4, 0.5) is 10.9 Å². The van der Waals surface area contributed by atoms with E-state index >= 15 is 0 Å². The molecule has 0 bridgehead atoms. The summed E-state index contributed by atoms with van der Waals surface area (Å²) >= 11 is 1.44. The van der Waals surface area contributed by atoms with Gasteiger partial charge in [0, 0.05) is 56.9 Å². The number of rotatable bonds is 13. The molecule has 3 aromatic carbocycles. The number of carbonyl (C=O) groups excluding carboxylic acids is 2. The van der Waals surface area contributed by atoms with Crippen LogP contribution < -0.4 is 15.0 Å². The summed E-state index contributed by atoms with van der Waals surface area (Å²) in [4.78, 5) is 54.8. The smallest absolute Gasteiger partial charge is 0.355 e. The lowest BCUT2D eigenvalue weighted by Crippen LogP contribution is -2.48. The number of piperazine rings is 1. The minimum atomic E-state index is -1.11. The van der Waals surface area contributed by atoms with Crippen LogP contribution in [0.25, 0.3) is 21.3 Å². The van der Waals surface area contributed by atoms with Gasteiger partial charge in [0.1, 0.15) is 11.6 Å². The highest BCUT2D eigenvalue weighted by atomic mass is 32.1. The number of esters is 1. The second-order valence-electron chi connectivity index (χ2n) is 15.9. The number of carboxylic acid groups (broad SMARTS) is 1. The molecule has 12 nitrogen and oxygen atoms in total. The van der Waals surface area contributed by atoms with Crippen molar-refractivity contribution >= 4 is 50.3 Å². The summed E-state index contributed by atoms with van der Waals surface area (Å²) < 4.78 is 12.4. The number of ether oxygens (including phenoxy) is 2. The number of amides is 1. The lowest BCUT2D eigenvalue weighted by Gasteiger charge is -2.34. The number of anilines is 2. The number of carbonyl (C=O) groups is 3. The number of benzene rings is 3. The molecule has 2 aromatic heterocycles. The quantitative estimate of drug-likeness (QED) is 0.0909. The van der Waals surface area contributed by atoms with Crippen LogP contribution in [0.15, 0.2) is 66.7 Å². The summed E-state index contributed by atoms with van der Waals surface area (Å²) in [6.45, 7) is 16.6. The first kappa shape index (κ1) is 40.8. The average molecular weight is 805 g/mol. The lowest BCUT2D eigenvalue weighted by molar-refractivity contribution is -0.144. The number of nitrogens with zero attached hydrogens (tertiary/aromatic N) is 5. The molecule has 0 saturated carbocycles. The summed E-state index contributed by atoms with van der Waals surface area (Å²) in [5, 5.41) is 14.3. The van der Waals surface area contributed by atoms with E-state index in [9.17, 15) is 19.5 Å². The predicted molar refractivity (Wildman–Crippen MR) is 228 cm³/mol.